The lowest BCUT2D eigenvalue weighted by Crippen LogP contribution is -2.50. The van der Waals surface area contributed by atoms with E-state index in [1.54, 1.807) is 0 Å². The summed E-state index contributed by atoms with van der Waals surface area (Å²) in [6, 6.07) is 21.6. The molecule has 0 aliphatic carbocycles. The molecule has 1 amide bonds. The molecule has 1 fully saturated rings. The molecule has 0 bridgehead atoms. The molecular weight excluding hydrogens is 436 g/mol. The lowest BCUT2D eigenvalue weighted by atomic mass is 10.0. The molecule has 1 atom stereocenters. The summed E-state index contributed by atoms with van der Waals surface area (Å²) in [5.41, 5.74) is 1.55. The molecule has 1 aromatic heterocycles. The van der Waals surface area contributed by atoms with Crippen molar-refractivity contribution >= 4 is 27.6 Å². The Morgan fingerprint density at radius 1 is 0.886 bits per heavy atom. The van der Waals surface area contributed by atoms with Gasteiger partial charge in [-0.1, -0.05) is 62.4 Å². The van der Waals surface area contributed by atoms with Crippen molar-refractivity contribution in [2.75, 3.05) is 26.2 Å². The zero-order valence-electron chi connectivity index (χ0n) is 20.5. The zero-order valence-corrected chi connectivity index (χ0v) is 20.5. The molecule has 4 aromatic rings. The largest absolute Gasteiger partial charge is 0.336 e. The highest BCUT2D eigenvalue weighted by Gasteiger charge is 2.30. The summed E-state index contributed by atoms with van der Waals surface area (Å²) in [5, 5.41) is 2.75. The summed E-state index contributed by atoms with van der Waals surface area (Å²) in [6.07, 6.45) is 1.72. The maximum Gasteiger partial charge on any atom is 0.261 e. The molecule has 2 heterocycles. The van der Waals surface area contributed by atoms with Gasteiger partial charge in [0.1, 0.15) is 5.82 Å². The molecule has 0 radical (unpaired) electrons. The van der Waals surface area contributed by atoms with Crippen LogP contribution in [0.4, 0.5) is 0 Å². The van der Waals surface area contributed by atoms with Gasteiger partial charge in [-0.3, -0.25) is 19.1 Å². The third-order valence-electron chi connectivity index (χ3n) is 7.09. The summed E-state index contributed by atoms with van der Waals surface area (Å²) in [4.78, 5) is 36.0. The monoisotopic (exact) mass is 468 g/mol. The Balaban J connectivity index is 1.39. The van der Waals surface area contributed by atoms with E-state index in [4.69, 9.17) is 4.98 Å². The van der Waals surface area contributed by atoms with Gasteiger partial charge in [0.05, 0.1) is 16.9 Å². The Morgan fingerprint density at radius 2 is 1.57 bits per heavy atom. The van der Waals surface area contributed by atoms with E-state index in [0.29, 0.717) is 25.0 Å². The highest BCUT2D eigenvalue weighted by atomic mass is 16.2. The summed E-state index contributed by atoms with van der Waals surface area (Å²) < 4.78 is 1.87. The fraction of sp³-hybridized carbons (Fsp3) is 0.345. The van der Waals surface area contributed by atoms with Crippen molar-refractivity contribution in [1.82, 2.24) is 19.4 Å². The second-order valence-electron chi connectivity index (χ2n) is 9.22. The number of amides is 1. The van der Waals surface area contributed by atoms with Gasteiger partial charge in [0.15, 0.2) is 0 Å². The lowest BCUT2D eigenvalue weighted by Gasteiger charge is -2.39. The maximum atomic E-state index is 13.4. The van der Waals surface area contributed by atoms with E-state index in [2.05, 4.69) is 18.7 Å². The van der Waals surface area contributed by atoms with Crippen LogP contribution < -0.4 is 5.56 Å². The van der Waals surface area contributed by atoms with E-state index in [-0.39, 0.29) is 17.5 Å². The van der Waals surface area contributed by atoms with Gasteiger partial charge in [-0.2, -0.15) is 0 Å². The van der Waals surface area contributed by atoms with E-state index in [9.17, 15) is 9.59 Å². The Hall–Kier alpha value is -3.51. The van der Waals surface area contributed by atoms with E-state index < -0.39 is 0 Å². The van der Waals surface area contributed by atoms with Gasteiger partial charge in [0.25, 0.3) is 11.5 Å². The lowest BCUT2D eigenvalue weighted by molar-refractivity contribution is 0.0550. The van der Waals surface area contributed by atoms with E-state index in [1.807, 2.05) is 76.2 Å². The van der Waals surface area contributed by atoms with Crippen LogP contribution in [0.15, 0.2) is 71.5 Å². The van der Waals surface area contributed by atoms with Crippen molar-refractivity contribution in [1.29, 1.82) is 0 Å². The quantitative estimate of drug-likeness (QED) is 0.405. The molecule has 6 heteroatoms. The molecule has 1 saturated heterocycles. The SMILES string of the molecule is CCCn1c(C(CC)N2CCN(C(=O)c3cccc4ccccc34)CC2)nc2ccccc2c1=O. The van der Waals surface area contributed by atoms with Crippen molar-refractivity contribution in [2.45, 2.75) is 39.3 Å². The number of hydrogen-bond donors (Lipinski definition) is 0. The zero-order chi connectivity index (χ0) is 24.4. The number of para-hydroxylation sites is 1. The number of rotatable bonds is 6. The summed E-state index contributed by atoms with van der Waals surface area (Å²) in [6.45, 7) is 7.71. The predicted molar refractivity (Wildman–Crippen MR) is 141 cm³/mol. The number of fused-ring (bicyclic) bond motifs is 2. The number of carbonyl (C=O) groups is 1. The van der Waals surface area contributed by atoms with Crippen LogP contribution in [0.2, 0.25) is 0 Å². The number of hydrogen-bond acceptors (Lipinski definition) is 4. The molecule has 6 nitrogen and oxygen atoms in total. The Bertz CT molecular complexity index is 1410. The normalized spacial score (nSPS) is 15.5. The summed E-state index contributed by atoms with van der Waals surface area (Å²) in [5.74, 6) is 0.924. The minimum absolute atomic E-state index is 0.0358. The van der Waals surface area contributed by atoms with Crippen molar-refractivity contribution in [2.24, 2.45) is 0 Å². The number of piperazine rings is 1. The average Bonchev–Trinajstić information content (AvgIpc) is 2.91. The topological polar surface area (TPSA) is 58.4 Å². The molecule has 1 aliphatic heterocycles. The van der Waals surface area contributed by atoms with Crippen LogP contribution in [0.25, 0.3) is 21.7 Å². The Labute approximate surface area is 205 Å². The minimum Gasteiger partial charge on any atom is -0.336 e. The van der Waals surface area contributed by atoms with Crippen molar-refractivity contribution in [3.8, 4) is 0 Å². The highest BCUT2D eigenvalue weighted by Crippen LogP contribution is 2.26. The Kier molecular flexibility index (Phi) is 6.64. The first-order valence-electron chi connectivity index (χ1n) is 12.6. The molecular formula is C29H32N4O2. The van der Waals surface area contributed by atoms with E-state index in [0.717, 1.165) is 53.6 Å². The van der Waals surface area contributed by atoms with E-state index >= 15 is 0 Å². The maximum absolute atomic E-state index is 13.4. The van der Waals surface area contributed by atoms with Crippen molar-refractivity contribution < 1.29 is 4.79 Å². The average molecular weight is 469 g/mol. The first kappa shape index (κ1) is 23.2. The van der Waals surface area contributed by atoms with Crippen molar-refractivity contribution in [3.63, 3.8) is 0 Å². The van der Waals surface area contributed by atoms with Crippen LogP contribution in [0.1, 0.15) is 48.9 Å². The predicted octanol–water partition coefficient (Wildman–Crippen LogP) is 4.87. The van der Waals surface area contributed by atoms with Crippen LogP contribution in [0.3, 0.4) is 0 Å². The van der Waals surface area contributed by atoms with Crippen molar-refractivity contribution in [3.05, 3.63) is 88.5 Å². The van der Waals surface area contributed by atoms with Gasteiger partial charge >= 0.3 is 0 Å². The van der Waals surface area contributed by atoms with Crippen LogP contribution in [-0.4, -0.2) is 51.4 Å². The second kappa shape index (κ2) is 10.0. The number of carbonyl (C=O) groups excluding carboxylic acids is 1. The Morgan fingerprint density at radius 3 is 2.31 bits per heavy atom. The fourth-order valence-corrected chi connectivity index (χ4v) is 5.30. The van der Waals surface area contributed by atoms with Gasteiger partial charge in [-0.15, -0.1) is 0 Å². The molecule has 3 aromatic carbocycles. The molecule has 1 unspecified atom stereocenters. The van der Waals surface area contributed by atoms with Crippen LogP contribution in [0.5, 0.6) is 0 Å². The standard InChI is InChI=1S/C29H32N4O2/c1-3-16-33-27(30-25-15-8-7-13-24(25)29(33)35)26(4-2)31-17-19-32(20-18-31)28(34)23-14-9-11-21-10-5-6-12-22(21)23/h5-15,26H,3-4,16-20H2,1-2H3. The summed E-state index contributed by atoms with van der Waals surface area (Å²) in [7, 11) is 0. The number of aromatic nitrogens is 2. The summed E-state index contributed by atoms with van der Waals surface area (Å²) >= 11 is 0. The molecule has 180 valence electrons. The third kappa shape index (κ3) is 4.34. The van der Waals surface area contributed by atoms with Gasteiger partial charge < -0.3 is 4.90 Å². The molecule has 0 saturated carbocycles. The van der Waals surface area contributed by atoms with Crippen LogP contribution in [0, 0.1) is 0 Å². The van der Waals surface area contributed by atoms with Crippen LogP contribution >= 0.6 is 0 Å². The van der Waals surface area contributed by atoms with Gasteiger partial charge in [-0.25, -0.2) is 4.98 Å². The van der Waals surface area contributed by atoms with Gasteiger partial charge in [-0.05, 0) is 41.8 Å². The first-order chi connectivity index (χ1) is 17.1. The van der Waals surface area contributed by atoms with Gasteiger partial charge in [0.2, 0.25) is 0 Å². The van der Waals surface area contributed by atoms with Crippen LogP contribution in [-0.2, 0) is 6.54 Å². The number of nitrogens with zero attached hydrogens (tertiary/aromatic N) is 4. The third-order valence-corrected chi connectivity index (χ3v) is 7.09. The minimum atomic E-state index is 0.0358. The number of benzene rings is 3. The smallest absolute Gasteiger partial charge is 0.261 e. The molecule has 1 aliphatic rings. The fourth-order valence-electron chi connectivity index (χ4n) is 5.30. The highest BCUT2D eigenvalue weighted by molar-refractivity contribution is 6.07. The van der Waals surface area contributed by atoms with Gasteiger partial charge in [0, 0.05) is 38.3 Å². The molecule has 0 spiro atoms. The first-order valence-corrected chi connectivity index (χ1v) is 12.6. The second-order valence-corrected chi connectivity index (χ2v) is 9.22. The molecule has 5 rings (SSSR count). The molecule has 35 heavy (non-hydrogen) atoms. The molecule has 0 N–H and O–H groups in total. The van der Waals surface area contributed by atoms with E-state index in [1.165, 1.54) is 0 Å².